The summed E-state index contributed by atoms with van der Waals surface area (Å²) >= 11 is 1.93. The number of para-hydroxylation sites is 1. The van der Waals surface area contributed by atoms with Crippen molar-refractivity contribution < 1.29 is 4.74 Å². The predicted octanol–water partition coefficient (Wildman–Crippen LogP) is 6.32. The smallest absolute Gasteiger partial charge is 0.135 e. The molecule has 0 aromatic heterocycles. The fourth-order valence-corrected chi connectivity index (χ4v) is 4.39. The maximum absolute atomic E-state index is 6.26. The van der Waals surface area contributed by atoms with Crippen LogP contribution in [0, 0.1) is 0 Å². The average Bonchev–Trinajstić information content (AvgIpc) is 2.82. The second kappa shape index (κ2) is 9.29. The summed E-state index contributed by atoms with van der Waals surface area (Å²) in [6, 6.07) is 15.0. The molecule has 0 saturated carbocycles. The summed E-state index contributed by atoms with van der Waals surface area (Å²) in [6.45, 7) is 10.0. The van der Waals surface area contributed by atoms with E-state index < -0.39 is 0 Å². The van der Waals surface area contributed by atoms with Gasteiger partial charge in [-0.1, -0.05) is 51.5 Å². The van der Waals surface area contributed by atoms with Gasteiger partial charge in [-0.15, -0.1) is 11.8 Å². The standard InChI is InChI=1S/C23H29NOS/c1-4-9-18-12-13-21-19(16-18)17-23(26-15-14-24(5-2)6-3)20-10-7-8-11-22(20)25-21/h7-8,10-13,16-17H,4-6,9,14-15H2,1-3H3. The van der Waals surface area contributed by atoms with Gasteiger partial charge < -0.3 is 9.64 Å². The Hall–Kier alpha value is -1.71. The molecule has 2 nitrogen and oxygen atoms in total. The fourth-order valence-electron chi connectivity index (χ4n) is 3.29. The topological polar surface area (TPSA) is 12.5 Å². The van der Waals surface area contributed by atoms with Crippen LogP contribution in [0.2, 0.25) is 0 Å². The van der Waals surface area contributed by atoms with Crippen LogP contribution in [0.3, 0.4) is 0 Å². The molecule has 0 unspecified atom stereocenters. The zero-order valence-electron chi connectivity index (χ0n) is 16.1. The molecule has 1 heterocycles. The van der Waals surface area contributed by atoms with Crippen LogP contribution in [0.5, 0.6) is 11.5 Å². The molecule has 0 spiro atoms. The second-order valence-corrected chi connectivity index (χ2v) is 7.74. The largest absolute Gasteiger partial charge is 0.456 e. The van der Waals surface area contributed by atoms with Crippen LogP contribution >= 0.6 is 11.8 Å². The molecule has 2 aromatic carbocycles. The Morgan fingerprint density at radius 2 is 1.77 bits per heavy atom. The van der Waals surface area contributed by atoms with Gasteiger partial charge >= 0.3 is 0 Å². The van der Waals surface area contributed by atoms with Crippen molar-refractivity contribution in [3.63, 3.8) is 0 Å². The number of thioether (sulfide) groups is 1. The van der Waals surface area contributed by atoms with Crippen LogP contribution < -0.4 is 4.74 Å². The quantitative estimate of drug-likeness (QED) is 0.542. The van der Waals surface area contributed by atoms with Crippen molar-refractivity contribution in [3.05, 3.63) is 59.2 Å². The molecule has 0 fully saturated rings. The van der Waals surface area contributed by atoms with Crippen LogP contribution in [0.25, 0.3) is 11.0 Å². The van der Waals surface area contributed by atoms with Crippen molar-refractivity contribution >= 4 is 22.7 Å². The molecule has 26 heavy (non-hydrogen) atoms. The molecule has 0 atom stereocenters. The van der Waals surface area contributed by atoms with Gasteiger partial charge in [-0.05, 0) is 49.3 Å². The molecule has 138 valence electrons. The third-order valence-corrected chi connectivity index (χ3v) is 5.87. The van der Waals surface area contributed by atoms with Gasteiger partial charge in [-0.3, -0.25) is 0 Å². The van der Waals surface area contributed by atoms with Crippen molar-refractivity contribution in [2.24, 2.45) is 0 Å². The zero-order chi connectivity index (χ0) is 18.4. The number of hydrogen-bond donors (Lipinski definition) is 0. The number of nitrogens with zero attached hydrogens (tertiary/aromatic N) is 1. The molecule has 2 aromatic rings. The van der Waals surface area contributed by atoms with E-state index in [2.05, 4.69) is 68.1 Å². The molecule has 1 aliphatic rings. The molecule has 0 bridgehead atoms. The van der Waals surface area contributed by atoms with E-state index in [9.17, 15) is 0 Å². The lowest BCUT2D eigenvalue weighted by molar-refractivity contribution is 0.324. The van der Waals surface area contributed by atoms with Crippen LogP contribution in [-0.4, -0.2) is 30.3 Å². The molecule has 0 aliphatic carbocycles. The van der Waals surface area contributed by atoms with Crippen molar-refractivity contribution in [2.75, 3.05) is 25.4 Å². The van der Waals surface area contributed by atoms with Gasteiger partial charge in [0.1, 0.15) is 11.5 Å². The van der Waals surface area contributed by atoms with Crippen molar-refractivity contribution in [1.29, 1.82) is 0 Å². The monoisotopic (exact) mass is 367 g/mol. The Labute approximate surface area is 162 Å². The van der Waals surface area contributed by atoms with E-state index in [1.807, 2.05) is 17.8 Å². The van der Waals surface area contributed by atoms with Gasteiger partial charge in [-0.2, -0.15) is 0 Å². The van der Waals surface area contributed by atoms with E-state index in [1.165, 1.54) is 21.6 Å². The molecule has 1 aliphatic heterocycles. The van der Waals surface area contributed by atoms with E-state index in [0.717, 1.165) is 49.7 Å². The molecule has 0 amide bonds. The summed E-state index contributed by atoms with van der Waals surface area (Å²) < 4.78 is 6.26. The summed E-state index contributed by atoms with van der Waals surface area (Å²) in [5, 5.41) is 0. The van der Waals surface area contributed by atoms with E-state index in [0.29, 0.717) is 0 Å². The van der Waals surface area contributed by atoms with Gasteiger partial charge in [-0.25, -0.2) is 0 Å². The van der Waals surface area contributed by atoms with E-state index in [4.69, 9.17) is 4.74 Å². The number of rotatable bonds is 8. The maximum atomic E-state index is 6.26. The lowest BCUT2D eigenvalue weighted by Crippen LogP contribution is -2.25. The van der Waals surface area contributed by atoms with Gasteiger partial charge in [0.15, 0.2) is 0 Å². The summed E-state index contributed by atoms with van der Waals surface area (Å²) in [5.41, 5.74) is 3.77. The predicted molar refractivity (Wildman–Crippen MR) is 115 cm³/mol. The highest BCUT2D eigenvalue weighted by Crippen LogP contribution is 2.42. The number of fused-ring (bicyclic) bond motifs is 2. The third-order valence-electron chi connectivity index (χ3n) is 4.83. The maximum Gasteiger partial charge on any atom is 0.135 e. The number of benzene rings is 2. The van der Waals surface area contributed by atoms with Crippen LogP contribution in [0.15, 0.2) is 42.5 Å². The minimum atomic E-state index is 0.955. The van der Waals surface area contributed by atoms with Gasteiger partial charge in [0.05, 0.1) is 0 Å². The molecule has 0 saturated heterocycles. The minimum Gasteiger partial charge on any atom is -0.456 e. The van der Waals surface area contributed by atoms with Crippen molar-refractivity contribution in [3.8, 4) is 11.5 Å². The Bertz CT molecular complexity index is 765. The Morgan fingerprint density at radius 1 is 0.962 bits per heavy atom. The summed E-state index contributed by atoms with van der Waals surface area (Å²) in [4.78, 5) is 3.78. The first-order valence-corrected chi connectivity index (χ1v) is 10.7. The first-order chi connectivity index (χ1) is 12.7. The SMILES string of the molecule is CCCc1ccc2c(c1)C=C(SCCN(CC)CC)c1ccccc1O2. The van der Waals surface area contributed by atoms with Crippen LogP contribution in [-0.2, 0) is 6.42 Å². The highest BCUT2D eigenvalue weighted by molar-refractivity contribution is 8.08. The Morgan fingerprint density at radius 3 is 2.54 bits per heavy atom. The molecular formula is C23H29NOS. The second-order valence-electron chi connectivity index (χ2n) is 6.60. The highest BCUT2D eigenvalue weighted by Gasteiger charge is 2.17. The number of hydrogen-bond acceptors (Lipinski definition) is 3. The molecule has 3 heteroatoms. The lowest BCUT2D eigenvalue weighted by atomic mass is 10.1. The van der Waals surface area contributed by atoms with E-state index in [1.54, 1.807) is 0 Å². The van der Waals surface area contributed by atoms with Gasteiger partial charge in [0, 0.05) is 28.3 Å². The lowest BCUT2D eigenvalue weighted by Gasteiger charge is -2.18. The Kier molecular flexibility index (Phi) is 6.81. The summed E-state index contributed by atoms with van der Waals surface area (Å²) in [7, 11) is 0. The molecule has 0 radical (unpaired) electrons. The normalized spacial score (nSPS) is 12.8. The van der Waals surface area contributed by atoms with Crippen LogP contribution in [0.4, 0.5) is 0 Å². The molecule has 3 rings (SSSR count). The fraction of sp³-hybridized carbons (Fsp3) is 0.391. The van der Waals surface area contributed by atoms with E-state index >= 15 is 0 Å². The minimum absolute atomic E-state index is 0.955. The highest BCUT2D eigenvalue weighted by atomic mass is 32.2. The molecule has 0 N–H and O–H groups in total. The average molecular weight is 368 g/mol. The zero-order valence-corrected chi connectivity index (χ0v) is 16.9. The first-order valence-electron chi connectivity index (χ1n) is 9.72. The van der Waals surface area contributed by atoms with Crippen molar-refractivity contribution in [1.82, 2.24) is 4.90 Å². The van der Waals surface area contributed by atoms with Gasteiger partial charge in [0.25, 0.3) is 0 Å². The van der Waals surface area contributed by atoms with E-state index in [-0.39, 0.29) is 0 Å². The third kappa shape index (κ3) is 4.52. The Balaban J connectivity index is 1.89. The first kappa shape index (κ1) is 19.1. The summed E-state index contributed by atoms with van der Waals surface area (Å²) in [5.74, 6) is 3.00. The number of aryl methyl sites for hydroxylation is 1. The van der Waals surface area contributed by atoms with Crippen LogP contribution in [0.1, 0.15) is 43.9 Å². The number of ether oxygens (including phenoxy) is 1. The van der Waals surface area contributed by atoms with Gasteiger partial charge in [0.2, 0.25) is 0 Å². The molecular weight excluding hydrogens is 338 g/mol. The summed E-state index contributed by atoms with van der Waals surface area (Å²) in [6.07, 6.45) is 4.58. The van der Waals surface area contributed by atoms with Crippen molar-refractivity contribution in [2.45, 2.75) is 33.6 Å².